The zero-order valence-electron chi connectivity index (χ0n) is 10.6. The Morgan fingerprint density at radius 1 is 1.33 bits per heavy atom. The van der Waals surface area contributed by atoms with E-state index >= 15 is 0 Å². The first kappa shape index (κ1) is 13.7. The quantitative estimate of drug-likeness (QED) is 0.862. The minimum atomic E-state index is 0.354. The normalized spacial score (nSPS) is 23.7. The maximum atomic E-state index is 5.97. The molecule has 18 heavy (non-hydrogen) atoms. The van der Waals surface area contributed by atoms with Crippen LogP contribution in [0.25, 0.3) is 0 Å². The molecule has 1 aromatic rings. The summed E-state index contributed by atoms with van der Waals surface area (Å²) in [6, 6.07) is 0.452. The molecule has 1 aromatic heterocycles. The molecule has 0 aromatic carbocycles. The number of aromatic nitrogens is 2. The van der Waals surface area contributed by atoms with Gasteiger partial charge in [0.05, 0.1) is 7.11 Å². The van der Waals surface area contributed by atoms with Gasteiger partial charge in [-0.15, -0.1) is 0 Å². The molecule has 1 aliphatic rings. The number of methoxy groups -OCH3 is 1. The Morgan fingerprint density at radius 3 is 2.67 bits per heavy atom. The predicted molar refractivity (Wildman–Crippen MR) is 76.8 cm³/mol. The molecule has 0 spiro atoms. The largest absolute Gasteiger partial charge is 0.490 e. The van der Waals surface area contributed by atoms with Crippen molar-refractivity contribution < 1.29 is 4.74 Å². The summed E-state index contributed by atoms with van der Waals surface area (Å²) >= 11 is 7.94. The molecule has 2 rings (SSSR count). The number of hydrogen-bond donors (Lipinski definition) is 1. The fraction of sp³-hybridized carbons (Fsp3) is 0.667. The van der Waals surface area contributed by atoms with Crippen molar-refractivity contribution in [3.8, 4) is 5.75 Å². The van der Waals surface area contributed by atoms with Gasteiger partial charge in [-0.25, -0.2) is 9.97 Å². The van der Waals surface area contributed by atoms with E-state index in [1.165, 1.54) is 19.2 Å². The third-order valence-electron chi connectivity index (χ3n) is 3.31. The Balaban J connectivity index is 2.00. The average Bonchev–Trinajstić information content (AvgIpc) is 2.40. The summed E-state index contributed by atoms with van der Waals surface area (Å²) in [5, 5.41) is 4.58. The molecule has 0 amide bonds. The maximum Gasteiger partial charge on any atom is 0.198 e. The van der Waals surface area contributed by atoms with E-state index in [-0.39, 0.29) is 0 Å². The van der Waals surface area contributed by atoms with Crippen molar-refractivity contribution in [1.82, 2.24) is 9.97 Å². The molecule has 0 aliphatic heterocycles. The van der Waals surface area contributed by atoms with Crippen LogP contribution in [-0.4, -0.2) is 34.6 Å². The van der Waals surface area contributed by atoms with Crippen molar-refractivity contribution in [2.75, 3.05) is 18.7 Å². The lowest BCUT2D eigenvalue weighted by molar-refractivity contribution is 0.409. The summed E-state index contributed by atoms with van der Waals surface area (Å²) in [7, 11) is 1.58. The second-order valence-corrected chi connectivity index (χ2v) is 5.90. The van der Waals surface area contributed by atoms with Crippen molar-refractivity contribution >= 4 is 29.2 Å². The number of halogens is 1. The molecule has 1 N–H and O–H groups in total. The van der Waals surface area contributed by atoms with Gasteiger partial charge in [0, 0.05) is 11.3 Å². The maximum absolute atomic E-state index is 5.97. The molecular weight excluding hydrogens is 270 g/mol. The van der Waals surface area contributed by atoms with Gasteiger partial charge in [0.15, 0.2) is 16.7 Å². The summed E-state index contributed by atoms with van der Waals surface area (Å²) in [5.41, 5.74) is 0. The van der Waals surface area contributed by atoms with Crippen molar-refractivity contribution in [2.45, 2.75) is 37.0 Å². The smallest absolute Gasteiger partial charge is 0.198 e. The van der Waals surface area contributed by atoms with Crippen molar-refractivity contribution in [1.29, 1.82) is 0 Å². The summed E-state index contributed by atoms with van der Waals surface area (Å²) in [6.45, 7) is 0. The Morgan fingerprint density at radius 2 is 2.06 bits per heavy atom. The van der Waals surface area contributed by atoms with Crippen LogP contribution in [0, 0.1) is 0 Å². The minimum Gasteiger partial charge on any atom is -0.490 e. The molecule has 100 valence electrons. The predicted octanol–water partition coefficient (Wildman–Crippen LogP) is 3.22. The minimum absolute atomic E-state index is 0.354. The number of thioether (sulfide) groups is 1. The number of nitrogens with one attached hydrogen (secondary N) is 1. The highest BCUT2D eigenvalue weighted by atomic mass is 35.5. The Labute approximate surface area is 117 Å². The molecule has 6 heteroatoms. The highest BCUT2D eigenvalue weighted by Crippen LogP contribution is 2.32. The van der Waals surface area contributed by atoms with E-state index < -0.39 is 0 Å². The molecule has 1 fully saturated rings. The van der Waals surface area contributed by atoms with Gasteiger partial charge in [-0.05, 0) is 31.9 Å². The van der Waals surface area contributed by atoms with Crippen molar-refractivity contribution in [3.05, 3.63) is 11.5 Å². The monoisotopic (exact) mass is 287 g/mol. The van der Waals surface area contributed by atoms with E-state index in [0.717, 1.165) is 18.1 Å². The Kier molecular flexibility index (Phi) is 4.95. The second-order valence-electron chi connectivity index (χ2n) is 4.40. The molecular formula is C12H18ClN3OS. The number of ether oxygens (including phenoxy) is 1. The first-order chi connectivity index (χ1) is 8.74. The second kappa shape index (κ2) is 6.48. The number of nitrogens with zero attached hydrogens (tertiary/aromatic N) is 2. The average molecular weight is 288 g/mol. The lowest BCUT2D eigenvalue weighted by atomic mass is 9.95. The lowest BCUT2D eigenvalue weighted by Gasteiger charge is -2.28. The van der Waals surface area contributed by atoms with Crippen LogP contribution in [0.3, 0.4) is 0 Å². The molecule has 0 saturated heterocycles. The van der Waals surface area contributed by atoms with Gasteiger partial charge in [-0.1, -0.05) is 11.6 Å². The molecule has 0 atom stereocenters. The fourth-order valence-electron chi connectivity index (χ4n) is 2.27. The van der Waals surface area contributed by atoms with Gasteiger partial charge in [-0.3, -0.25) is 0 Å². The first-order valence-corrected chi connectivity index (χ1v) is 7.75. The van der Waals surface area contributed by atoms with Gasteiger partial charge < -0.3 is 10.1 Å². The number of rotatable bonds is 4. The zero-order chi connectivity index (χ0) is 13.0. The summed E-state index contributed by atoms with van der Waals surface area (Å²) in [4.78, 5) is 8.12. The first-order valence-electron chi connectivity index (χ1n) is 6.08. The van der Waals surface area contributed by atoms with Crippen molar-refractivity contribution in [2.24, 2.45) is 0 Å². The topological polar surface area (TPSA) is 47.0 Å². The van der Waals surface area contributed by atoms with E-state index in [9.17, 15) is 0 Å². The van der Waals surface area contributed by atoms with Crippen LogP contribution in [0.2, 0.25) is 5.15 Å². The summed E-state index contributed by atoms with van der Waals surface area (Å²) in [5.74, 6) is 1.23. The van der Waals surface area contributed by atoms with Crippen LogP contribution in [0.15, 0.2) is 6.33 Å². The SMILES string of the molecule is COc1c(Cl)ncnc1NC1CCC(SC)CC1. The Hall–Kier alpha value is -0.680. The van der Waals surface area contributed by atoms with Crippen molar-refractivity contribution in [3.63, 3.8) is 0 Å². The van der Waals surface area contributed by atoms with Crippen LogP contribution in [0.5, 0.6) is 5.75 Å². The summed E-state index contributed by atoms with van der Waals surface area (Å²) in [6.07, 6.45) is 8.47. The van der Waals surface area contributed by atoms with Crippen LogP contribution < -0.4 is 10.1 Å². The molecule has 0 unspecified atom stereocenters. The summed E-state index contributed by atoms with van der Waals surface area (Å²) < 4.78 is 5.24. The standard InChI is InChI=1S/C12H18ClN3OS/c1-17-10-11(13)14-7-15-12(10)16-8-3-5-9(18-2)6-4-8/h7-9H,3-6H2,1-2H3,(H,14,15,16). The van der Waals surface area contributed by atoms with Gasteiger partial charge in [0.2, 0.25) is 0 Å². The fourth-order valence-corrected chi connectivity index (χ4v) is 3.23. The molecule has 4 nitrogen and oxygen atoms in total. The highest BCUT2D eigenvalue weighted by Gasteiger charge is 2.22. The molecule has 0 radical (unpaired) electrons. The molecule has 1 saturated carbocycles. The van der Waals surface area contributed by atoms with Crippen LogP contribution in [0.4, 0.5) is 5.82 Å². The van der Waals surface area contributed by atoms with E-state index in [1.54, 1.807) is 7.11 Å². The van der Waals surface area contributed by atoms with E-state index in [2.05, 4.69) is 21.5 Å². The third kappa shape index (κ3) is 3.20. The molecule has 1 heterocycles. The van der Waals surface area contributed by atoms with Crippen LogP contribution >= 0.6 is 23.4 Å². The molecule has 0 bridgehead atoms. The third-order valence-corrected chi connectivity index (χ3v) is 4.72. The van der Waals surface area contributed by atoms with Gasteiger partial charge in [0.1, 0.15) is 6.33 Å². The van der Waals surface area contributed by atoms with Gasteiger partial charge in [-0.2, -0.15) is 11.8 Å². The van der Waals surface area contributed by atoms with Crippen LogP contribution in [-0.2, 0) is 0 Å². The number of hydrogen-bond acceptors (Lipinski definition) is 5. The Bertz CT molecular complexity index is 397. The number of anilines is 1. The zero-order valence-corrected chi connectivity index (χ0v) is 12.2. The van der Waals surface area contributed by atoms with Crippen LogP contribution in [0.1, 0.15) is 25.7 Å². The highest BCUT2D eigenvalue weighted by molar-refractivity contribution is 7.99. The lowest BCUT2D eigenvalue weighted by Crippen LogP contribution is -2.27. The van der Waals surface area contributed by atoms with Gasteiger partial charge >= 0.3 is 0 Å². The molecule has 1 aliphatic carbocycles. The van der Waals surface area contributed by atoms with E-state index in [1.807, 2.05) is 11.8 Å². The van der Waals surface area contributed by atoms with E-state index in [0.29, 0.717) is 22.8 Å². The van der Waals surface area contributed by atoms with E-state index in [4.69, 9.17) is 16.3 Å². The van der Waals surface area contributed by atoms with Gasteiger partial charge in [0.25, 0.3) is 0 Å².